The zero-order valence-corrected chi connectivity index (χ0v) is 21.0. The minimum absolute atomic E-state index is 0.00346. The van der Waals surface area contributed by atoms with E-state index in [-0.39, 0.29) is 30.4 Å². The molecule has 0 saturated carbocycles. The van der Waals surface area contributed by atoms with Gasteiger partial charge in [0.1, 0.15) is 23.5 Å². The molecule has 1 amide bonds. The van der Waals surface area contributed by atoms with Crippen LogP contribution in [0.4, 0.5) is 0 Å². The number of benzene rings is 2. The predicted octanol–water partition coefficient (Wildman–Crippen LogP) is 4.54. The standard InChI is InChI=1S/C25H28N2O4.2CO2/c1-5-25(6-2,27-17(3)28)15-24(29)20-9-13-22(14-10-20)31-21-11-7-19(8-12-21)23-16-30-18(4)26-23;2*2-1-3/h7-14,16H,5-6,15H2,1-4H3,(H,27,28);;. The minimum Gasteiger partial charge on any atom is -0.457 e. The van der Waals surface area contributed by atoms with Gasteiger partial charge in [0.25, 0.3) is 0 Å². The molecule has 0 radical (unpaired) electrons. The zero-order chi connectivity index (χ0) is 27.8. The van der Waals surface area contributed by atoms with Gasteiger partial charge in [-0.05, 0) is 61.4 Å². The fourth-order valence-corrected chi connectivity index (χ4v) is 3.54. The van der Waals surface area contributed by atoms with Gasteiger partial charge in [0, 0.05) is 36.9 Å². The number of aryl methyl sites for hydroxylation is 1. The van der Waals surface area contributed by atoms with Crippen molar-refractivity contribution < 1.29 is 37.9 Å². The number of hydrogen-bond acceptors (Lipinski definition) is 9. The quantitative estimate of drug-likeness (QED) is 0.411. The molecule has 0 aliphatic heterocycles. The summed E-state index contributed by atoms with van der Waals surface area (Å²) < 4.78 is 11.1. The lowest BCUT2D eigenvalue weighted by atomic mass is 9.85. The molecule has 10 heteroatoms. The normalized spacial score (nSPS) is 9.84. The third-order valence-corrected chi connectivity index (χ3v) is 5.47. The average molecular weight is 509 g/mol. The molecule has 0 saturated heterocycles. The van der Waals surface area contributed by atoms with E-state index in [1.807, 2.05) is 38.1 Å². The lowest BCUT2D eigenvalue weighted by Gasteiger charge is -2.32. The second kappa shape index (κ2) is 15.4. The van der Waals surface area contributed by atoms with E-state index in [0.717, 1.165) is 11.3 Å². The van der Waals surface area contributed by atoms with Crippen LogP contribution in [0.3, 0.4) is 0 Å². The average Bonchev–Trinajstić information content (AvgIpc) is 3.31. The van der Waals surface area contributed by atoms with Crippen molar-refractivity contribution in [2.75, 3.05) is 0 Å². The van der Waals surface area contributed by atoms with Crippen LogP contribution in [0.25, 0.3) is 11.3 Å². The van der Waals surface area contributed by atoms with Crippen molar-refractivity contribution in [1.29, 1.82) is 0 Å². The first-order chi connectivity index (χ1) is 17.7. The number of oxazole rings is 1. The maximum absolute atomic E-state index is 12.8. The van der Waals surface area contributed by atoms with Crippen molar-refractivity contribution >= 4 is 24.0 Å². The summed E-state index contributed by atoms with van der Waals surface area (Å²) in [6.45, 7) is 7.26. The van der Waals surface area contributed by atoms with Crippen LogP contribution in [0.2, 0.25) is 0 Å². The molecule has 0 bridgehead atoms. The summed E-state index contributed by atoms with van der Waals surface area (Å²) in [7, 11) is 0. The second-order valence-electron chi connectivity index (χ2n) is 7.84. The van der Waals surface area contributed by atoms with E-state index in [2.05, 4.69) is 10.3 Å². The summed E-state index contributed by atoms with van der Waals surface area (Å²) in [6.07, 6.45) is 3.78. The molecule has 0 aliphatic carbocycles. The van der Waals surface area contributed by atoms with E-state index < -0.39 is 5.54 Å². The molecule has 10 nitrogen and oxygen atoms in total. The van der Waals surface area contributed by atoms with Crippen molar-refractivity contribution in [2.45, 2.75) is 52.5 Å². The highest BCUT2D eigenvalue weighted by molar-refractivity contribution is 5.97. The van der Waals surface area contributed by atoms with Crippen molar-refractivity contribution in [3.8, 4) is 22.8 Å². The zero-order valence-electron chi connectivity index (χ0n) is 21.0. The molecular weight excluding hydrogens is 480 g/mol. The van der Waals surface area contributed by atoms with Gasteiger partial charge >= 0.3 is 12.3 Å². The Morgan fingerprint density at radius 2 is 1.41 bits per heavy atom. The molecule has 37 heavy (non-hydrogen) atoms. The van der Waals surface area contributed by atoms with Crippen LogP contribution in [0.1, 0.15) is 56.3 Å². The van der Waals surface area contributed by atoms with Gasteiger partial charge in [-0.25, -0.2) is 4.98 Å². The number of aromatic nitrogens is 1. The molecule has 0 unspecified atom stereocenters. The molecule has 0 fully saturated rings. The molecule has 0 aliphatic rings. The lowest BCUT2D eigenvalue weighted by Crippen LogP contribution is -2.48. The van der Waals surface area contributed by atoms with Crippen molar-refractivity contribution in [3.63, 3.8) is 0 Å². The van der Waals surface area contributed by atoms with Crippen molar-refractivity contribution in [1.82, 2.24) is 10.3 Å². The molecule has 3 rings (SSSR count). The summed E-state index contributed by atoms with van der Waals surface area (Å²) in [5.41, 5.74) is 1.81. The summed E-state index contributed by atoms with van der Waals surface area (Å²) in [6, 6.07) is 14.6. The van der Waals surface area contributed by atoms with Gasteiger partial charge < -0.3 is 14.5 Å². The molecule has 194 valence electrons. The summed E-state index contributed by atoms with van der Waals surface area (Å²) in [5, 5.41) is 2.96. The first-order valence-electron chi connectivity index (χ1n) is 11.3. The largest absolute Gasteiger partial charge is 0.457 e. The Hall–Kier alpha value is -4.65. The highest BCUT2D eigenvalue weighted by Crippen LogP contribution is 2.27. The highest BCUT2D eigenvalue weighted by atomic mass is 16.5. The Morgan fingerprint density at radius 1 is 0.919 bits per heavy atom. The number of ether oxygens (including phenoxy) is 1. The van der Waals surface area contributed by atoms with Gasteiger partial charge in [-0.2, -0.15) is 19.2 Å². The van der Waals surface area contributed by atoms with Crippen LogP contribution in [0.5, 0.6) is 11.5 Å². The maximum Gasteiger partial charge on any atom is 0.373 e. The third-order valence-electron chi connectivity index (χ3n) is 5.47. The number of amides is 1. The first kappa shape index (κ1) is 30.4. The van der Waals surface area contributed by atoms with Crippen LogP contribution in [0, 0.1) is 6.92 Å². The topological polar surface area (TPSA) is 150 Å². The maximum atomic E-state index is 12.8. The Labute approximate surface area is 214 Å². The third kappa shape index (κ3) is 9.85. The van der Waals surface area contributed by atoms with Crippen molar-refractivity contribution in [3.05, 3.63) is 66.2 Å². The van der Waals surface area contributed by atoms with E-state index in [1.54, 1.807) is 37.5 Å². The second-order valence-corrected chi connectivity index (χ2v) is 7.84. The van der Waals surface area contributed by atoms with Crippen LogP contribution in [0.15, 0.2) is 59.2 Å². The summed E-state index contributed by atoms with van der Waals surface area (Å²) in [4.78, 5) is 61.2. The van der Waals surface area contributed by atoms with Gasteiger partial charge in [-0.3, -0.25) is 9.59 Å². The van der Waals surface area contributed by atoms with Crippen molar-refractivity contribution in [2.24, 2.45) is 0 Å². The van der Waals surface area contributed by atoms with Crippen LogP contribution in [-0.2, 0) is 24.0 Å². The Balaban J connectivity index is 0.00000104. The van der Waals surface area contributed by atoms with Gasteiger partial charge in [-0.15, -0.1) is 0 Å². The Kier molecular flexibility index (Phi) is 12.6. The molecule has 2 aromatic carbocycles. The molecule has 1 N–H and O–H groups in total. The number of carbonyl (C=O) groups is 2. The van der Waals surface area contributed by atoms with Crippen LogP contribution >= 0.6 is 0 Å². The molecule has 1 heterocycles. The fourth-order valence-electron chi connectivity index (χ4n) is 3.54. The van der Waals surface area contributed by atoms with Crippen LogP contribution < -0.4 is 10.1 Å². The number of rotatable bonds is 9. The molecule has 3 aromatic rings. The van der Waals surface area contributed by atoms with Gasteiger partial charge in [0.2, 0.25) is 5.91 Å². The number of hydrogen-bond donors (Lipinski definition) is 1. The Bertz CT molecular complexity index is 1200. The molecule has 0 spiro atoms. The molecule has 1 aromatic heterocycles. The monoisotopic (exact) mass is 508 g/mol. The number of Topliss-reactive ketones (excluding diaryl/α,β-unsaturated/α-hetero) is 1. The highest BCUT2D eigenvalue weighted by Gasteiger charge is 2.30. The van der Waals surface area contributed by atoms with Gasteiger partial charge in [-0.1, -0.05) is 13.8 Å². The predicted molar refractivity (Wildman–Crippen MR) is 129 cm³/mol. The number of ketones is 1. The lowest BCUT2D eigenvalue weighted by molar-refractivity contribution is -0.193. The Morgan fingerprint density at radius 3 is 1.81 bits per heavy atom. The number of nitrogens with one attached hydrogen (secondary N) is 1. The van der Waals surface area contributed by atoms with E-state index >= 15 is 0 Å². The smallest absolute Gasteiger partial charge is 0.373 e. The van der Waals surface area contributed by atoms with E-state index in [0.29, 0.717) is 35.8 Å². The molecular formula is C27H28N2O8. The SMILES string of the molecule is CCC(CC)(CC(=O)c1ccc(Oc2ccc(-c3coc(C)n3)cc2)cc1)NC(C)=O.O=C=O.O=C=O. The minimum atomic E-state index is -0.512. The van der Waals surface area contributed by atoms with Gasteiger partial charge in [0.15, 0.2) is 11.7 Å². The van der Waals surface area contributed by atoms with E-state index in [9.17, 15) is 9.59 Å². The van der Waals surface area contributed by atoms with E-state index in [4.69, 9.17) is 28.3 Å². The summed E-state index contributed by atoms with van der Waals surface area (Å²) >= 11 is 0. The van der Waals surface area contributed by atoms with Crippen LogP contribution in [-0.4, -0.2) is 34.5 Å². The number of nitrogens with zero attached hydrogens (tertiary/aromatic N) is 1. The fraction of sp³-hybridized carbons (Fsp3) is 0.296. The summed E-state index contributed by atoms with van der Waals surface area (Å²) in [5.74, 6) is 1.82. The molecule has 0 atom stereocenters. The van der Waals surface area contributed by atoms with E-state index in [1.165, 1.54) is 6.92 Å². The van der Waals surface area contributed by atoms with Gasteiger partial charge in [0.05, 0.1) is 0 Å². The first-order valence-corrected chi connectivity index (χ1v) is 11.3. The number of carbonyl (C=O) groups excluding carboxylic acids is 6.